The molecule has 0 aliphatic rings. The van der Waals surface area contributed by atoms with Crippen LogP contribution in [0.3, 0.4) is 0 Å². The summed E-state index contributed by atoms with van der Waals surface area (Å²) < 4.78 is 5.39. The maximum absolute atomic E-state index is 5.39. The van der Waals surface area contributed by atoms with Gasteiger partial charge in [-0.15, -0.1) is 0 Å². The van der Waals surface area contributed by atoms with Crippen LogP contribution < -0.4 is 10.1 Å². The number of aromatic nitrogens is 1. The van der Waals surface area contributed by atoms with Gasteiger partial charge in [0.15, 0.2) is 0 Å². The molecule has 2 rings (SSSR count). The monoisotopic (exact) mass is 248 g/mol. The maximum Gasteiger partial charge on any atom is 0.128 e. The molecule has 0 amide bonds. The maximum atomic E-state index is 5.39. The first kappa shape index (κ1) is 11.9. The van der Waals surface area contributed by atoms with Crippen LogP contribution in [0.25, 0.3) is 0 Å². The van der Waals surface area contributed by atoms with Crippen molar-refractivity contribution in [3.8, 4) is 5.75 Å². The van der Waals surface area contributed by atoms with Gasteiger partial charge in [-0.2, -0.15) is 11.3 Å². The smallest absolute Gasteiger partial charge is 0.128 e. The first-order valence-corrected chi connectivity index (χ1v) is 6.41. The number of anilines is 1. The average Bonchev–Trinajstić information content (AvgIpc) is 2.82. The highest BCUT2D eigenvalue weighted by Gasteiger charge is 2.08. The van der Waals surface area contributed by atoms with Gasteiger partial charge in [0.05, 0.1) is 19.3 Å². The van der Waals surface area contributed by atoms with Gasteiger partial charge in [-0.25, -0.2) is 0 Å². The summed E-state index contributed by atoms with van der Waals surface area (Å²) in [7, 11) is 1.70. The zero-order valence-electron chi connectivity index (χ0n) is 10.3. The first-order valence-electron chi connectivity index (χ1n) is 5.47. The molecule has 90 valence electrons. The number of pyridine rings is 1. The molecule has 0 aromatic carbocycles. The Morgan fingerprint density at radius 2 is 2.24 bits per heavy atom. The van der Waals surface area contributed by atoms with Crippen LogP contribution in [0.4, 0.5) is 5.69 Å². The van der Waals surface area contributed by atoms with Gasteiger partial charge in [0.2, 0.25) is 0 Å². The normalized spacial score (nSPS) is 10.3. The second-order valence-corrected chi connectivity index (χ2v) is 4.69. The molecule has 0 unspecified atom stereocenters. The van der Waals surface area contributed by atoms with Crippen LogP contribution >= 0.6 is 11.3 Å². The molecular formula is C13H16N2OS. The quantitative estimate of drug-likeness (QED) is 0.900. The lowest BCUT2D eigenvalue weighted by atomic mass is 10.1. The van der Waals surface area contributed by atoms with Gasteiger partial charge < -0.3 is 10.1 Å². The number of nitrogens with one attached hydrogen (secondary N) is 1. The zero-order valence-corrected chi connectivity index (χ0v) is 11.1. The lowest BCUT2D eigenvalue weighted by Crippen LogP contribution is -2.05. The Morgan fingerprint density at radius 1 is 1.41 bits per heavy atom. The SMILES string of the molecule is COc1c(C)cnc(CNc2ccsc2)c1C. The summed E-state index contributed by atoms with van der Waals surface area (Å²) in [6.07, 6.45) is 1.86. The molecule has 0 fully saturated rings. The van der Waals surface area contributed by atoms with E-state index in [-0.39, 0.29) is 0 Å². The third-order valence-corrected chi connectivity index (χ3v) is 3.41. The van der Waals surface area contributed by atoms with Crippen molar-refractivity contribution < 1.29 is 4.74 Å². The van der Waals surface area contributed by atoms with Crippen LogP contribution in [0.15, 0.2) is 23.0 Å². The molecule has 2 aromatic heterocycles. The minimum Gasteiger partial charge on any atom is -0.496 e. The van der Waals surface area contributed by atoms with E-state index < -0.39 is 0 Å². The molecule has 4 heteroatoms. The summed E-state index contributed by atoms with van der Waals surface area (Å²) in [6, 6.07) is 2.06. The molecule has 2 heterocycles. The molecule has 0 spiro atoms. The van der Waals surface area contributed by atoms with Gasteiger partial charge in [0.25, 0.3) is 0 Å². The summed E-state index contributed by atoms with van der Waals surface area (Å²) >= 11 is 1.68. The predicted molar refractivity (Wildman–Crippen MR) is 71.9 cm³/mol. The van der Waals surface area contributed by atoms with Crippen molar-refractivity contribution in [2.45, 2.75) is 20.4 Å². The fourth-order valence-electron chi connectivity index (χ4n) is 1.80. The summed E-state index contributed by atoms with van der Waals surface area (Å²) in [5, 5.41) is 7.48. The van der Waals surface area contributed by atoms with Crippen LogP contribution in [0, 0.1) is 13.8 Å². The van der Waals surface area contributed by atoms with Gasteiger partial charge in [-0.3, -0.25) is 4.98 Å². The topological polar surface area (TPSA) is 34.1 Å². The van der Waals surface area contributed by atoms with E-state index in [1.165, 1.54) is 0 Å². The molecule has 0 saturated carbocycles. The van der Waals surface area contributed by atoms with E-state index >= 15 is 0 Å². The van der Waals surface area contributed by atoms with Gasteiger partial charge in [0.1, 0.15) is 5.75 Å². The summed E-state index contributed by atoms with van der Waals surface area (Å²) in [4.78, 5) is 4.45. The van der Waals surface area contributed by atoms with E-state index in [1.54, 1.807) is 18.4 Å². The van der Waals surface area contributed by atoms with E-state index in [0.717, 1.165) is 34.8 Å². The zero-order chi connectivity index (χ0) is 12.3. The van der Waals surface area contributed by atoms with Crippen LogP contribution in [0.1, 0.15) is 16.8 Å². The second-order valence-electron chi connectivity index (χ2n) is 3.91. The Balaban J connectivity index is 2.16. The van der Waals surface area contributed by atoms with Crippen LogP contribution in [-0.2, 0) is 6.54 Å². The Hall–Kier alpha value is -1.55. The largest absolute Gasteiger partial charge is 0.496 e. The standard InChI is InChI=1S/C13H16N2OS/c1-9-6-15-12(10(2)13(9)16-3)7-14-11-4-5-17-8-11/h4-6,8,14H,7H2,1-3H3. The molecule has 17 heavy (non-hydrogen) atoms. The van der Waals surface area contributed by atoms with Gasteiger partial charge in [-0.05, 0) is 25.3 Å². The third kappa shape index (κ3) is 2.58. The van der Waals surface area contributed by atoms with Gasteiger partial charge >= 0.3 is 0 Å². The van der Waals surface area contributed by atoms with E-state index in [2.05, 4.69) is 27.1 Å². The molecule has 0 saturated heterocycles. The Morgan fingerprint density at radius 3 is 2.88 bits per heavy atom. The molecule has 0 aliphatic heterocycles. The molecule has 0 atom stereocenters. The number of hydrogen-bond acceptors (Lipinski definition) is 4. The summed E-state index contributed by atoms with van der Waals surface area (Å²) in [5.74, 6) is 0.933. The van der Waals surface area contributed by atoms with Crippen molar-refractivity contribution in [3.63, 3.8) is 0 Å². The summed E-state index contributed by atoms with van der Waals surface area (Å²) in [6.45, 7) is 4.78. The number of nitrogens with zero attached hydrogens (tertiary/aromatic N) is 1. The number of aryl methyl sites for hydroxylation is 1. The Labute approximate surface area is 105 Å². The second kappa shape index (κ2) is 5.19. The van der Waals surface area contributed by atoms with Crippen molar-refractivity contribution in [2.75, 3.05) is 12.4 Å². The number of methoxy groups -OCH3 is 1. The highest BCUT2D eigenvalue weighted by molar-refractivity contribution is 7.08. The van der Waals surface area contributed by atoms with Crippen LogP contribution in [0.5, 0.6) is 5.75 Å². The highest BCUT2D eigenvalue weighted by Crippen LogP contribution is 2.24. The van der Waals surface area contributed by atoms with E-state index in [4.69, 9.17) is 4.74 Å². The molecule has 0 radical (unpaired) electrons. The van der Waals surface area contributed by atoms with Crippen molar-refractivity contribution in [2.24, 2.45) is 0 Å². The van der Waals surface area contributed by atoms with E-state index in [9.17, 15) is 0 Å². The first-order chi connectivity index (χ1) is 8.22. The summed E-state index contributed by atoms with van der Waals surface area (Å²) in [5.41, 5.74) is 4.34. The van der Waals surface area contributed by atoms with Crippen molar-refractivity contribution in [3.05, 3.63) is 39.8 Å². The van der Waals surface area contributed by atoms with Gasteiger partial charge in [-0.1, -0.05) is 0 Å². The molecule has 0 aliphatic carbocycles. The number of hydrogen-bond donors (Lipinski definition) is 1. The van der Waals surface area contributed by atoms with Crippen LogP contribution in [-0.4, -0.2) is 12.1 Å². The molecule has 2 aromatic rings. The Bertz CT molecular complexity index is 494. The predicted octanol–water partition coefficient (Wildman–Crippen LogP) is 3.38. The lowest BCUT2D eigenvalue weighted by Gasteiger charge is -2.12. The molecular weight excluding hydrogens is 232 g/mol. The number of ether oxygens (including phenoxy) is 1. The molecule has 0 bridgehead atoms. The van der Waals surface area contributed by atoms with E-state index in [0.29, 0.717) is 0 Å². The molecule has 1 N–H and O–H groups in total. The third-order valence-electron chi connectivity index (χ3n) is 2.73. The highest BCUT2D eigenvalue weighted by atomic mass is 32.1. The fraction of sp³-hybridized carbons (Fsp3) is 0.308. The van der Waals surface area contributed by atoms with Crippen molar-refractivity contribution >= 4 is 17.0 Å². The van der Waals surface area contributed by atoms with Crippen molar-refractivity contribution in [1.29, 1.82) is 0 Å². The minimum absolute atomic E-state index is 0.721. The average molecular weight is 248 g/mol. The lowest BCUT2D eigenvalue weighted by molar-refractivity contribution is 0.407. The van der Waals surface area contributed by atoms with Gasteiger partial charge in [0, 0.05) is 28.4 Å². The number of thiophene rings is 1. The Kier molecular flexibility index (Phi) is 3.64. The molecule has 3 nitrogen and oxygen atoms in total. The number of rotatable bonds is 4. The van der Waals surface area contributed by atoms with Crippen LogP contribution in [0.2, 0.25) is 0 Å². The minimum atomic E-state index is 0.721. The fourth-order valence-corrected chi connectivity index (χ4v) is 2.41. The van der Waals surface area contributed by atoms with E-state index in [1.807, 2.05) is 20.0 Å². The van der Waals surface area contributed by atoms with Crippen molar-refractivity contribution in [1.82, 2.24) is 4.98 Å².